The topological polar surface area (TPSA) is 12.5 Å². The van der Waals surface area contributed by atoms with Crippen molar-refractivity contribution in [2.75, 3.05) is 6.61 Å². The van der Waals surface area contributed by atoms with Gasteiger partial charge in [-0.05, 0) is 22.3 Å². The van der Waals surface area contributed by atoms with Gasteiger partial charge in [-0.25, -0.2) is 0 Å². The van der Waals surface area contributed by atoms with E-state index in [1.165, 1.54) is 22.3 Å². The zero-order chi connectivity index (χ0) is 20.2. The van der Waals surface area contributed by atoms with E-state index in [-0.39, 0.29) is 18.3 Å². The van der Waals surface area contributed by atoms with Crippen molar-refractivity contribution in [3.63, 3.8) is 0 Å². The van der Waals surface area contributed by atoms with Crippen molar-refractivity contribution in [3.05, 3.63) is 144 Å². The molecule has 1 aliphatic rings. The lowest BCUT2D eigenvalue weighted by Gasteiger charge is -2.37. The van der Waals surface area contributed by atoms with E-state index in [9.17, 15) is 0 Å². The third-order valence-corrected chi connectivity index (χ3v) is 5.84. The number of ether oxygens (including phenoxy) is 1. The molecule has 4 aromatic carbocycles. The normalized spacial score (nSPS) is 19.2. The summed E-state index contributed by atoms with van der Waals surface area (Å²) in [6.07, 6.45) is -0.109. The molecule has 148 valence electrons. The lowest BCUT2D eigenvalue weighted by atomic mass is 9.93. The molecular weight excluding hydrogens is 366 g/mol. The SMILES string of the molecule is c1ccc(C(c2ccccc2)N2[C@H](c3ccccc3)CO[C@H]2c2ccccc2)cc1. The van der Waals surface area contributed by atoms with Gasteiger partial charge in [-0.15, -0.1) is 0 Å². The highest BCUT2D eigenvalue weighted by molar-refractivity contribution is 5.35. The van der Waals surface area contributed by atoms with E-state index in [2.05, 4.69) is 126 Å². The van der Waals surface area contributed by atoms with E-state index in [1.807, 2.05) is 0 Å². The Hall–Kier alpha value is -3.20. The van der Waals surface area contributed by atoms with Crippen molar-refractivity contribution in [1.82, 2.24) is 4.90 Å². The molecule has 1 aliphatic heterocycles. The summed E-state index contributed by atoms with van der Waals surface area (Å²) in [4.78, 5) is 2.54. The third kappa shape index (κ3) is 3.68. The predicted octanol–water partition coefficient (Wildman–Crippen LogP) is 6.55. The highest BCUT2D eigenvalue weighted by atomic mass is 16.5. The Balaban J connectivity index is 1.67. The molecule has 0 aromatic heterocycles. The van der Waals surface area contributed by atoms with Crippen LogP contribution in [0.15, 0.2) is 121 Å². The molecule has 5 rings (SSSR count). The Labute approximate surface area is 178 Å². The van der Waals surface area contributed by atoms with E-state index in [4.69, 9.17) is 4.74 Å². The van der Waals surface area contributed by atoms with Gasteiger partial charge in [0.1, 0.15) is 6.23 Å². The molecule has 0 bridgehead atoms. The Morgan fingerprint density at radius 2 is 1.00 bits per heavy atom. The first kappa shape index (κ1) is 18.8. The second-order valence-corrected chi connectivity index (χ2v) is 7.69. The Morgan fingerprint density at radius 3 is 1.50 bits per heavy atom. The van der Waals surface area contributed by atoms with Crippen LogP contribution in [0.3, 0.4) is 0 Å². The molecule has 0 amide bonds. The highest BCUT2D eigenvalue weighted by Gasteiger charge is 2.41. The van der Waals surface area contributed by atoms with Gasteiger partial charge >= 0.3 is 0 Å². The van der Waals surface area contributed by atoms with E-state index < -0.39 is 0 Å². The van der Waals surface area contributed by atoms with Crippen LogP contribution in [0.4, 0.5) is 0 Å². The van der Waals surface area contributed by atoms with Gasteiger partial charge < -0.3 is 4.74 Å². The molecule has 4 aromatic rings. The standard InChI is InChI=1S/C28H25NO/c1-5-13-22(14-6-1)26-21-30-28(25-19-11-4-12-20-25)29(26)27(23-15-7-2-8-16-23)24-17-9-3-10-18-24/h1-20,26-28H,21H2/t26-,28-/m0/s1. The maximum atomic E-state index is 6.47. The fourth-order valence-corrected chi connectivity index (χ4v) is 4.47. The van der Waals surface area contributed by atoms with Crippen molar-refractivity contribution < 1.29 is 4.74 Å². The Bertz CT molecular complexity index is 964. The Kier molecular flexibility index (Phi) is 5.43. The molecule has 1 fully saturated rings. The number of hydrogen-bond donors (Lipinski definition) is 0. The smallest absolute Gasteiger partial charge is 0.138 e. The monoisotopic (exact) mass is 391 g/mol. The minimum Gasteiger partial charge on any atom is -0.357 e. The highest BCUT2D eigenvalue weighted by Crippen LogP contribution is 2.46. The molecule has 0 unspecified atom stereocenters. The fraction of sp³-hybridized carbons (Fsp3) is 0.143. The van der Waals surface area contributed by atoms with Crippen LogP contribution >= 0.6 is 0 Å². The maximum absolute atomic E-state index is 6.47. The first-order valence-electron chi connectivity index (χ1n) is 10.5. The van der Waals surface area contributed by atoms with Crippen LogP contribution in [-0.2, 0) is 4.74 Å². The van der Waals surface area contributed by atoms with E-state index in [0.717, 1.165) is 0 Å². The van der Waals surface area contributed by atoms with Crippen LogP contribution < -0.4 is 0 Å². The van der Waals surface area contributed by atoms with Crippen molar-refractivity contribution >= 4 is 0 Å². The van der Waals surface area contributed by atoms with Gasteiger partial charge in [0, 0.05) is 0 Å². The molecule has 0 radical (unpaired) electrons. The number of benzene rings is 4. The average molecular weight is 392 g/mol. The molecule has 0 spiro atoms. The van der Waals surface area contributed by atoms with Crippen molar-refractivity contribution in [1.29, 1.82) is 0 Å². The molecule has 1 saturated heterocycles. The summed E-state index contributed by atoms with van der Waals surface area (Å²) in [7, 11) is 0. The number of rotatable bonds is 5. The van der Waals surface area contributed by atoms with Crippen molar-refractivity contribution in [3.8, 4) is 0 Å². The summed E-state index contributed by atoms with van der Waals surface area (Å²) < 4.78 is 6.47. The molecule has 0 N–H and O–H groups in total. The van der Waals surface area contributed by atoms with Gasteiger partial charge in [0.15, 0.2) is 0 Å². The number of nitrogens with zero attached hydrogens (tertiary/aromatic N) is 1. The summed E-state index contributed by atoms with van der Waals surface area (Å²) in [6, 6.07) is 43.1. The summed E-state index contributed by atoms with van der Waals surface area (Å²) in [5, 5.41) is 0. The van der Waals surface area contributed by atoms with Crippen molar-refractivity contribution in [2.24, 2.45) is 0 Å². The molecule has 2 nitrogen and oxygen atoms in total. The number of hydrogen-bond acceptors (Lipinski definition) is 2. The zero-order valence-electron chi connectivity index (χ0n) is 16.8. The molecule has 2 heteroatoms. The van der Waals surface area contributed by atoms with E-state index in [0.29, 0.717) is 6.61 Å². The molecule has 0 saturated carbocycles. The van der Waals surface area contributed by atoms with Gasteiger partial charge in [0.05, 0.1) is 18.7 Å². The van der Waals surface area contributed by atoms with Gasteiger partial charge in [-0.1, -0.05) is 121 Å². The fourth-order valence-electron chi connectivity index (χ4n) is 4.47. The minimum atomic E-state index is -0.109. The molecule has 30 heavy (non-hydrogen) atoms. The molecule has 2 atom stereocenters. The van der Waals surface area contributed by atoms with Crippen molar-refractivity contribution in [2.45, 2.75) is 18.3 Å². The van der Waals surface area contributed by atoms with E-state index in [1.54, 1.807) is 0 Å². The quantitative estimate of drug-likeness (QED) is 0.382. The van der Waals surface area contributed by atoms with Crippen LogP contribution in [0.1, 0.15) is 40.6 Å². The average Bonchev–Trinajstić information content (AvgIpc) is 3.26. The van der Waals surface area contributed by atoms with Crippen LogP contribution in [0.5, 0.6) is 0 Å². The lowest BCUT2D eigenvalue weighted by molar-refractivity contribution is 0.0125. The lowest BCUT2D eigenvalue weighted by Crippen LogP contribution is -2.32. The summed E-state index contributed by atoms with van der Waals surface area (Å²) in [5.41, 5.74) is 5.02. The van der Waals surface area contributed by atoms with Gasteiger partial charge in [-0.2, -0.15) is 0 Å². The summed E-state index contributed by atoms with van der Waals surface area (Å²) >= 11 is 0. The predicted molar refractivity (Wildman–Crippen MR) is 121 cm³/mol. The summed E-state index contributed by atoms with van der Waals surface area (Å²) in [5.74, 6) is 0. The van der Waals surface area contributed by atoms with Crippen LogP contribution in [-0.4, -0.2) is 11.5 Å². The molecule has 1 heterocycles. The third-order valence-electron chi connectivity index (χ3n) is 5.84. The van der Waals surface area contributed by atoms with Crippen LogP contribution in [0, 0.1) is 0 Å². The second-order valence-electron chi connectivity index (χ2n) is 7.69. The van der Waals surface area contributed by atoms with Gasteiger partial charge in [0.2, 0.25) is 0 Å². The molecule has 0 aliphatic carbocycles. The largest absolute Gasteiger partial charge is 0.357 e. The second kappa shape index (κ2) is 8.66. The van der Waals surface area contributed by atoms with Crippen LogP contribution in [0.2, 0.25) is 0 Å². The Morgan fingerprint density at radius 1 is 0.567 bits per heavy atom. The minimum absolute atomic E-state index is 0.0883. The first-order valence-corrected chi connectivity index (χ1v) is 10.5. The maximum Gasteiger partial charge on any atom is 0.138 e. The zero-order valence-corrected chi connectivity index (χ0v) is 16.8. The summed E-state index contributed by atoms with van der Waals surface area (Å²) in [6.45, 7) is 0.666. The van der Waals surface area contributed by atoms with Gasteiger partial charge in [-0.3, -0.25) is 4.90 Å². The first-order chi connectivity index (χ1) is 14.9. The van der Waals surface area contributed by atoms with E-state index >= 15 is 0 Å². The van der Waals surface area contributed by atoms with Gasteiger partial charge in [0.25, 0.3) is 0 Å². The van der Waals surface area contributed by atoms with Crippen LogP contribution in [0.25, 0.3) is 0 Å². The molecular formula is C28H25NO.